The van der Waals surface area contributed by atoms with Gasteiger partial charge in [-0.15, -0.1) is 0 Å². The van der Waals surface area contributed by atoms with Gasteiger partial charge in [-0.3, -0.25) is 0 Å². The molecule has 1 aliphatic rings. The molecule has 1 aromatic heterocycles. The second-order valence-corrected chi connectivity index (χ2v) is 10.0. The molecule has 0 aliphatic heterocycles. The molecule has 0 N–H and O–H groups in total. The van der Waals surface area contributed by atoms with Crippen LogP contribution in [0.1, 0.15) is 43.6 Å². The van der Waals surface area contributed by atoms with Gasteiger partial charge < -0.3 is 9.32 Å². The molecule has 6 aromatic rings. The third-order valence-electron chi connectivity index (χ3n) is 7.85. The van der Waals surface area contributed by atoms with Crippen LogP contribution in [0.3, 0.4) is 0 Å². The lowest BCUT2D eigenvalue weighted by Gasteiger charge is -2.28. The van der Waals surface area contributed by atoms with Crippen LogP contribution >= 0.6 is 0 Å². The zero-order valence-corrected chi connectivity index (χ0v) is 20.4. The van der Waals surface area contributed by atoms with E-state index < -0.39 is 0 Å². The molecule has 5 aromatic carbocycles. The molecule has 2 heteroatoms. The summed E-state index contributed by atoms with van der Waals surface area (Å²) >= 11 is 0. The molecule has 0 atom stereocenters. The Morgan fingerprint density at radius 3 is 1.97 bits per heavy atom. The third-order valence-corrected chi connectivity index (χ3v) is 7.85. The van der Waals surface area contributed by atoms with Crippen molar-refractivity contribution < 1.29 is 4.42 Å². The Bertz CT molecular complexity index is 1660. The molecule has 2 nitrogen and oxygen atoms in total. The quantitative estimate of drug-likeness (QED) is 0.256. The molecule has 1 heterocycles. The largest absolute Gasteiger partial charge is 0.455 e. The molecule has 1 saturated carbocycles. The number of fused-ring (bicyclic) bond motifs is 5. The van der Waals surface area contributed by atoms with Crippen molar-refractivity contribution in [3.63, 3.8) is 0 Å². The molecular weight excluding hydrogens is 438 g/mol. The van der Waals surface area contributed by atoms with Crippen LogP contribution in [0, 0.1) is 0 Å². The maximum atomic E-state index is 6.38. The summed E-state index contributed by atoms with van der Waals surface area (Å²) in [6.45, 7) is 0. The summed E-state index contributed by atoms with van der Waals surface area (Å²) in [5.74, 6) is 0.701. The summed E-state index contributed by atoms with van der Waals surface area (Å²) in [6.07, 6.45) is 6.72. The first-order valence-electron chi connectivity index (χ1n) is 13.1. The van der Waals surface area contributed by atoms with Crippen LogP contribution in [0.25, 0.3) is 32.7 Å². The third kappa shape index (κ3) is 3.56. The van der Waals surface area contributed by atoms with Crippen molar-refractivity contribution in [2.75, 3.05) is 4.90 Å². The van der Waals surface area contributed by atoms with Crippen molar-refractivity contribution in [1.82, 2.24) is 0 Å². The first-order valence-corrected chi connectivity index (χ1v) is 13.1. The summed E-state index contributed by atoms with van der Waals surface area (Å²) in [7, 11) is 0. The van der Waals surface area contributed by atoms with E-state index in [1.54, 1.807) is 0 Å². The monoisotopic (exact) mass is 467 g/mol. The molecule has 0 amide bonds. The van der Waals surface area contributed by atoms with E-state index in [1.807, 2.05) is 6.07 Å². The number of hydrogen-bond acceptors (Lipinski definition) is 2. The number of anilines is 3. The van der Waals surface area contributed by atoms with Gasteiger partial charge in [-0.2, -0.15) is 0 Å². The van der Waals surface area contributed by atoms with Crippen molar-refractivity contribution in [2.45, 2.75) is 38.0 Å². The molecule has 1 aliphatic carbocycles. The maximum absolute atomic E-state index is 6.38. The standard InChI is InChI=1S/C34H29NO/c1-3-11-24(12-4-1)25-19-21-27(22-20-25)35(26-13-5-2-6-14-26)32-23-31-29-16-9-10-18-33(29)36-34(31)30-17-8-7-15-28(30)32/h2,5-10,13-24H,1,3-4,11-12H2. The average molecular weight is 468 g/mol. The Morgan fingerprint density at radius 1 is 0.556 bits per heavy atom. The van der Waals surface area contributed by atoms with Crippen LogP contribution in [0.5, 0.6) is 0 Å². The van der Waals surface area contributed by atoms with E-state index in [0.717, 1.165) is 33.0 Å². The van der Waals surface area contributed by atoms with E-state index in [2.05, 4.69) is 108 Å². The number of rotatable bonds is 4. The lowest BCUT2D eigenvalue weighted by Crippen LogP contribution is -2.11. The number of benzene rings is 5. The van der Waals surface area contributed by atoms with Crippen molar-refractivity contribution in [1.29, 1.82) is 0 Å². The molecule has 176 valence electrons. The van der Waals surface area contributed by atoms with E-state index in [4.69, 9.17) is 4.42 Å². The fourth-order valence-electron chi connectivity index (χ4n) is 6.05. The Labute approximate surface area is 211 Å². The van der Waals surface area contributed by atoms with Gasteiger partial charge >= 0.3 is 0 Å². The van der Waals surface area contributed by atoms with Crippen LogP contribution < -0.4 is 4.90 Å². The van der Waals surface area contributed by atoms with Crippen LogP contribution in [0.15, 0.2) is 114 Å². The van der Waals surface area contributed by atoms with Crippen LogP contribution in [0.4, 0.5) is 17.1 Å². The minimum Gasteiger partial charge on any atom is -0.455 e. The highest BCUT2D eigenvalue weighted by Gasteiger charge is 2.21. The Kier molecular flexibility index (Phi) is 5.24. The zero-order valence-electron chi connectivity index (χ0n) is 20.4. The lowest BCUT2D eigenvalue weighted by molar-refractivity contribution is 0.443. The van der Waals surface area contributed by atoms with E-state index in [9.17, 15) is 0 Å². The first kappa shape index (κ1) is 21.3. The minimum atomic E-state index is 0.701. The van der Waals surface area contributed by atoms with Crippen molar-refractivity contribution >= 4 is 49.8 Å². The molecule has 0 spiro atoms. The van der Waals surface area contributed by atoms with Gasteiger partial charge in [0.25, 0.3) is 0 Å². The van der Waals surface area contributed by atoms with Crippen molar-refractivity contribution in [2.24, 2.45) is 0 Å². The number of hydrogen-bond donors (Lipinski definition) is 0. The molecule has 0 saturated heterocycles. The topological polar surface area (TPSA) is 16.4 Å². The molecule has 0 bridgehead atoms. The highest BCUT2D eigenvalue weighted by atomic mass is 16.3. The smallest absolute Gasteiger partial charge is 0.143 e. The molecular formula is C34H29NO. The number of furan rings is 1. The summed E-state index contributed by atoms with van der Waals surface area (Å²) in [6, 6.07) is 39.3. The van der Waals surface area contributed by atoms with Gasteiger partial charge in [0, 0.05) is 32.9 Å². The predicted molar refractivity (Wildman–Crippen MR) is 152 cm³/mol. The predicted octanol–water partition coefficient (Wildman–Crippen LogP) is 10.3. The van der Waals surface area contributed by atoms with Gasteiger partial charge in [0.2, 0.25) is 0 Å². The minimum absolute atomic E-state index is 0.701. The number of para-hydroxylation sites is 2. The van der Waals surface area contributed by atoms with Gasteiger partial charge in [-0.05, 0) is 60.7 Å². The molecule has 0 unspecified atom stereocenters. The van der Waals surface area contributed by atoms with E-state index in [1.165, 1.54) is 54.4 Å². The molecule has 7 rings (SSSR count). The Morgan fingerprint density at radius 2 is 1.19 bits per heavy atom. The van der Waals surface area contributed by atoms with Crippen LogP contribution in [0.2, 0.25) is 0 Å². The summed E-state index contributed by atoms with van der Waals surface area (Å²) in [5.41, 5.74) is 6.86. The molecule has 1 fully saturated rings. The number of nitrogens with zero attached hydrogens (tertiary/aromatic N) is 1. The van der Waals surface area contributed by atoms with Gasteiger partial charge in [0.1, 0.15) is 11.2 Å². The highest BCUT2D eigenvalue weighted by Crippen LogP contribution is 2.44. The molecule has 36 heavy (non-hydrogen) atoms. The Balaban J connectivity index is 1.46. The second-order valence-electron chi connectivity index (χ2n) is 10.0. The van der Waals surface area contributed by atoms with Crippen molar-refractivity contribution in [3.05, 3.63) is 115 Å². The maximum Gasteiger partial charge on any atom is 0.143 e. The van der Waals surface area contributed by atoms with Crippen LogP contribution in [-0.2, 0) is 0 Å². The lowest BCUT2D eigenvalue weighted by atomic mass is 9.84. The normalized spacial score (nSPS) is 14.6. The summed E-state index contributed by atoms with van der Waals surface area (Å²) in [5, 5.41) is 4.63. The van der Waals surface area contributed by atoms with E-state index >= 15 is 0 Å². The average Bonchev–Trinajstić information content (AvgIpc) is 3.34. The Hall–Kier alpha value is -4.04. The fourth-order valence-corrected chi connectivity index (χ4v) is 6.05. The van der Waals surface area contributed by atoms with Gasteiger partial charge in [0.15, 0.2) is 0 Å². The zero-order chi connectivity index (χ0) is 23.9. The summed E-state index contributed by atoms with van der Waals surface area (Å²) < 4.78 is 6.38. The van der Waals surface area contributed by atoms with Gasteiger partial charge in [-0.1, -0.05) is 92.1 Å². The van der Waals surface area contributed by atoms with E-state index in [0.29, 0.717) is 5.92 Å². The highest BCUT2D eigenvalue weighted by molar-refractivity contribution is 6.19. The van der Waals surface area contributed by atoms with Crippen molar-refractivity contribution in [3.8, 4) is 0 Å². The van der Waals surface area contributed by atoms with Gasteiger partial charge in [-0.25, -0.2) is 0 Å². The summed E-state index contributed by atoms with van der Waals surface area (Å²) in [4.78, 5) is 2.40. The fraction of sp³-hybridized carbons (Fsp3) is 0.176. The van der Waals surface area contributed by atoms with E-state index in [-0.39, 0.29) is 0 Å². The first-order chi connectivity index (χ1) is 17.9. The second kappa shape index (κ2) is 8.87. The van der Waals surface area contributed by atoms with Crippen LogP contribution in [-0.4, -0.2) is 0 Å². The van der Waals surface area contributed by atoms with Gasteiger partial charge in [0.05, 0.1) is 5.69 Å². The molecule has 0 radical (unpaired) electrons. The SMILES string of the molecule is c1ccc(N(c2ccc(C3CCCCC3)cc2)c2cc3c4ccccc4oc3c3ccccc23)cc1.